The first-order valence-corrected chi connectivity index (χ1v) is 7.38. The van der Waals surface area contributed by atoms with E-state index >= 15 is 0 Å². The minimum atomic E-state index is -0.203. The molecule has 0 atom stereocenters. The van der Waals surface area contributed by atoms with E-state index in [1.165, 1.54) is 17.0 Å². The number of fused-ring (bicyclic) bond motifs is 3. The minimum Gasteiger partial charge on any atom is -0.383 e. The number of hydrogen-bond acceptors (Lipinski definition) is 1. The van der Waals surface area contributed by atoms with Gasteiger partial charge in [0.15, 0.2) is 0 Å². The van der Waals surface area contributed by atoms with Crippen LogP contribution in [0.3, 0.4) is 0 Å². The van der Waals surface area contributed by atoms with Gasteiger partial charge in [0.1, 0.15) is 5.82 Å². The molecular weight excluding hydrogens is 265 g/mol. The summed E-state index contributed by atoms with van der Waals surface area (Å²) in [5, 5.41) is 2.27. The Balaban J connectivity index is 0.000000774. The van der Waals surface area contributed by atoms with E-state index in [9.17, 15) is 4.39 Å². The van der Waals surface area contributed by atoms with Crippen LogP contribution in [-0.4, -0.2) is 18.3 Å². The molecule has 3 rings (SSSR count). The van der Waals surface area contributed by atoms with Crippen LogP contribution >= 0.6 is 0 Å². The zero-order valence-corrected chi connectivity index (χ0v) is 13.1. The molecule has 0 saturated carbocycles. The van der Waals surface area contributed by atoms with E-state index < -0.39 is 0 Å². The fourth-order valence-electron chi connectivity index (χ4n) is 2.61. The topological polar surface area (TPSA) is 14.2 Å². The van der Waals surface area contributed by atoms with Crippen LogP contribution < -0.4 is 0 Å². The lowest BCUT2D eigenvalue weighted by Gasteiger charge is -2.06. The molecule has 0 unspecified atom stereocenters. The van der Waals surface area contributed by atoms with Gasteiger partial charge in [-0.05, 0) is 37.3 Å². The van der Waals surface area contributed by atoms with Crippen molar-refractivity contribution in [1.82, 2.24) is 4.57 Å². The lowest BCUT2D eigenvalue weighted by atomic mass is 10.1. The van der Waals surface area contributed by atoms with Crippen molar-refractivity contribution in [2.75, 3.05) is 13.7 Å². The molecule has 0 saturated heterocycles. The number of halogens is 1. The summed E-state index contributed by atoms with van der Waals surface area (Å²) >= 11 is 0. The molecule has 21 heavy (non-hydrogen) atoms. The van der Waals surface area contributed by atoms with Gasteiger partial charge in [-0.25, -0.2) is 4.39 Å². The molecule has 0 fully saturated rings. The first-order chi connectivity index (χ1) is 10.2. The van der Waals surface area contributed by atoms with E-state index in [4.69, 9.17) is 4.74 Å². The number of hydrogen-bond donors (Lipinski definition) is 0. The molecule has 0 aliphatic carbocycles. The normalized spacial score (nSPS) is 10.7. The van der Waals surface area contributed by atoms with Crippen LogP contribution in [-0.2, 0) is 11.3 Å². The van der Waals surface area contributed by atoms with E-state index in [-0.39, 0.29) is 5.82 Å². The summed E-state index contributed by atoms with van der Waals surface area (Å²) in [6, 6.07) is 11.3. The Bertz CT molecular complexity index is 746. The SMILES string of the molecule is CC.COCCn1c2ccc(C)cc2c2ccc(F)cc21. The van der Waals surface area contributed by atoms with Crippen molar-refractivity contribution >= 4 is 21.8 Å². The Kier molecular flexibility index (Phi) is 4.97. The summed E-state index contributed by atoms with van der Waals surface area (Å²) < 4.78 is 20.8. The number of aryl methyl sites for hydroxylation is 1. The van der Waals surface area contributed by atoms with Gasteiger partial charge in [-0.3, -0.25) is 0 Å². The van der Waals surface area contributed by atoms with Crippen LogP contribution in [0.4, 0.5) is 4.39 Å². The Hall–Kier alpha value is -1.87. The Morgan fingerprint density at radius 2 is 1.76 bits per heavy atom. The Morgan fingerprint density at radius 3 is 2.48 bits per heavy atom. The summed E-state index contributed by atoms with van der Waals surface area (Å²) in [5.74, 6) is -0.203. The van der Waals surface area contributed by atoms with Crippen molar-refractivity contribution in [3.05, 3.63) is 47.8 Å². The van der Waals surface area contributed by atoms with Gasteiger partial charge in [-0.15, -0.1) is 0 Å². The maximum atomic E-state index is 13.5. The number of nitrogens with zero attached hydrogens (tertiary/aromatic N) is 1. The molecule has 0 aliphatic rings. The second-order valence-electron chi connectivity index (χ2n) is 4.83. The van der Waals surface area contributed by atoms with Gasteiger partial charge in [0, 0.05) is 29.9 Å². The molecule has 1 aromatic heterocycles. The molecule has 1 heterocycles. The summed E-state index contributed by atoms with van der Waals surface area (Å²) in [7, 11) is 1.68. The lowest BCUT2D eigenvalue weighted by Crippen LogP contribution is -2.03. The number of ether oxygens (including phenoxy) is 1. The summed E-state index contributed by atoms with van der Waals surface area (Å²) in [5.41, 5.74) is 3.27. The van der Waals surface area contributed by atoms with Crippen LogP contribution in [0.25, 0.3) is 21.8 Å². The van der Waals surface area contributed by atoms with Crippen LogP contribution in [0.15, 0.2) is 36.4 Å². The zero-order valence-electron chi connectivity index (χ0n) is 13.1. The first-order valence-electron chi connectivity index (χ1n) is 7.38. The van der Waals surface area contributed by atoms with Crippen LogP contribution in [0.2, 0.25) is 0 Å². The monoisotopic (exact) mass is 287 g/mol. The maximum absolute atomic E-state index is 13.5. The maximum Gasteiger partial charge on any atom is 0.125 e. The molecule has 0 aliphatic heterocycles. The number of benzene rings is 2. The Labute approximate surface area is 125 Å². The molecule has 112 valence electrons. The molecule has 2 nitrogen and oxygen atoms in total. The molecule has 3 aromatic rings. The molecular formula is C18H22FNO. The highest BCUT2D eigenvalue weighted by Crippen LogP contribution is 2.30. The lowest BCUT2D eigenvalue weighted by molar-refractivity contribution is 0.189. The molecule has 2 aromatic carbocycles. The third kappa shape index (κ3) is 2.93. The predicted molar refractivity (Wildman–Crippen MR) is 87.4 cm³/mol. The predicted octanol–water partition coefficient (Wildman–Crippen LogP) is 4.91. The largest absolute Gasteiger partial charge is 0.383 e. The van der Waals surface area contributed by atoms with Crippen molar-refractivity contribution in [1.29, 1.82) is 0 Å². The molecule has 0 amide bonds. The zero-order chi connectivity index (χ0) is 15.4. The molecule has 0 radical (unpaired) electrons. The summed E-state index contributed by atoms with van der Waals surface area (Å²) in [4.78, 5) is 0. The second-order valence-corrected chi connectivity index (χ2v) is 4.83. The van der Waals surface area contributed by atoms with Crippen molar-refractivity contribution in [2.24, 2.45) is 0 Å². The van der Waals surface area contributed by atoms with Gasteiger partial charge in [0.05, 0.1) is 12.1 Å². The minimum absolute atomic E-state index is 0.203. The van der Waals surface area contributed by atoms with Gasteiger partial charge >= 0.3 is 0 Å². The van der Waals surface area contributed by atoms with Crippen LogP contribution in [0.5, 0.6) is 0 Å². The van der Waals surface area contributed by atoms with Crippen molar-refractivity contribution < 1.29 is 9.13 Å². The molecule has 0 N–H and O–H groups in total. The standard InChI is InChI=1S/C16H16FNO.C2H6/c1-11-3-6-15-14(9-11)13-5-4-12(17)10-16(13)18(15)7-8-19-2;1-2/h3-6,9-10H,7-8H2,1-2H3;1-2H3. The third-order valence-corrected chi connectivity index (χ3v) is 3.50. The average molecular weight is 287 g/mol. The highest BCUT2D eigenvalue weighted by Gasteiger charge is 2.11. The van der Waals surface area contributed by atoms with E-state index in [0.29, 0.717) is 6.61 Å². The summed E-state index contributed by atoms with van der Waals surface area (Å²) in [6.07, 6.45) is 0. The van der Waals surface area contributed by atoms with E-state index in [1.807, 2.05) is 19.9 Å². The van der Waals surface area contributed by atoms with Crippen LogP contribution in [0.1, 0.15) is 19.4 Å². The molecule has 3 heteroatoms. The highest BCUT2D eigenvalue weighted by molar-refractivity contribution is 6.08. The average Bonchev–Trinajstić information content (AvgIpc) is 2.79. The van der Waals surface area contributed by atoms with E-state index in [0.717, 1.165) is 23.0 Å². The fraction of sp³-hybridized carbons (Fsp3) is 0.333. The fourth-order valence-corrected chi connectivity index (χ4v) is 2.61. The van der Waals surface area contributed by atoms with Gasteiger partial charge in [-0.1, -0.05) is 25.5 Å². The highest BCUT2D eigenvalue weighted by atomic mass is 19.1. The molecule has 0 spiro atoms. The first kappa shape index (κ1) is 15.5. The van der Waals surface area contributed by atoms with E-state index in [2.05, 4.69) is 29.7 Å². The van der Waals surface area contributed by atoms with Gasteiger partial charge in [0.2, 0.25) is 0 Å². The summed E-state index contributed by atoms with van der Waals surface area (Å²) in [6.45, 7) is 7.41. The van der Waals surface area contributed by atoms with Crippen molar-refractivity contribution in [2.45, 2.75) is 27.3 Å². The van der Waals surface area contributed by atoms with Crippen LogP contribution in [0, 0.1) is 12.7 Å². The Morgan fingerprint density at radius 1 is 1.00 bits per heavy atom. The number of aromatic nitrogens is 1. The van der Waals surface area contributed by atoms with Gasteiger partial charge in [0.25, 0.3) is 0 Å². The third-order valence-electron chi connectivity index (χ3n) is 3.50. The van der Waals surface area contributed by atoms with Gasteiger partial charge < -0.3 is 9.30 Å². The smallest absolute Gasteiger partial charge is 0.125 e. The van der Waals surface area contributed by atoms with Crippen molar-refractivity contribution in [3.8, 4) is 0 Å². The number of rotatable bonds is 3. The van der Waals surface area contributed by atoms with Gasteiger partial charge in [-0.2, -0.15) is 0 Å². The van der Waals surface area contributed by atoms with E-state index in [1.54, 1.807) is 13.2 Å². The second kappa shape index (κ2) is 6.72. The number of methoxy groups -OCH3 is 1. The molecule has 0 bridgehead atoms. The van der Waals surface area contributed by atoms with Crippen molar-refractivity contribution in [3.63, 3.8) is 0 Å². The quantitative estimate of drug-likeness (QED) is 0.667.